The van der Waals surface area contributed by atoms with Crippen molar-refractivity contribution in [2.24, 2.45) is 0 Å². The number of benzene rings is 2. The van der Waals surface area contributed by atoms with Crippen LogP contribution >= 0.6 is 11.6 Å². The van der Waals surface area contributed by atoms with E-state index in [1.165, 1.54) is 36.4 Å². The van der Waals surface area contributed by atoms with Gasteiger partial charge in [-0.25, -0.2) is 12.8 Å². The van der Waals surface area contributed by atoms with Crippen LogP contribution in [0.4, 0.5) is 10.1 Å². The standard InChI is InChI=1S/C21H19ClFN3O4S/c1-3-10-26(17-7-5-16(23)6-8-17)31(28,29)20-12-15(4-9-19(20)22)21(27)24-13-18-11-14(2)25-30-18/h3-9,11-12H,1,10,13H2,2H3,(H,24,27). The minimum atomic E-state index is -4.18. The fraction of sp³-hybridized carbons (Fsp3) is 0.143. The molecule has 0 bridgehead atoms. The average Bonchev–Trinajstić information content (AvgIpc) is 3.16. The van der Waals surface area contributed by atoms with Crippen LogP contribution in [0.15, 0.2) is 70.6 Å². The summed E-state index contributed by atoms with van der Waals surface area (Å²) in [5.74, 6) is -0.557. The van der Waals surface area contributed by atoms with E-state index in [0.717, 1.165) is 16.4 Å². The Labute approximate surface area is 184 Å². The summed E-state index contributed by atoms with van der Waals surface area (Å²) < 4.78 is 46.0. The second kappa shape index (κ2) is 9.32. The van der Waals surface area contributed by atoms with E-state index in [0.29, 0.717) is 11.5 Å². The van der Waals surface area contributed by atoms with E-state index in [1.807, 2.05) is 0 Å². The summed E-state index contributed by atoms with van der Waals surface area (Å²) in [6, 6.07) is 10.6. The van der Waals surface area contributed by atoms with E-state index in [-0.39, 0.29) is 34.3 Å². The maximum absolute atomic E-state index is 13.3. The highest BCUT2D eigenvalue weighted by molar-refractivity contribution is 7.93. The zero-order valence-corrected chi connectivity index (χ0v) is 18.1. The van der Waals surface area contributed by atoms with E-state index in [2.05, 4.69) is 17.1 Å². The largest absolute Gasteiger partial charge is 0.359 e. The maximum Gasteiger partial charge on any atom is 0.266 e. The van der Waals surface area contributed by atoms with Crippen LogP contribution in [0.3, 0.4) is 0 Å². The number of rotatable bonds is 8. The van der Waals surface area contributed by atoms with Crippen LogP contribution in [0.25, 0.3) is 0 Å². The third-order valence-corrected chi connectivity index (χ3v) is 6.55. The molecule has 0 unspecified atom stereocenters. The molecule has 31 heavy (non-hydrogen) atoms. The Morgan fingerprint density at radius 2 is 1.97 bits per heavy atom. The van der Waals surface area contributed by atoms with Crippen molar-refractivity contribution >= 4 is 33.2 Å². The quantitative estimate of drug-likeness (QED) is 0.508. The summed E-state index contributed by atoms with van der Waals surface area (Å²) in [6.45, 7) is 5.34. The lowest BCUT2D eigenvalue weighted by Crippen LogP contribution is -2.32. The van der Waals surface area contributed by atoms with Crippen LogP contribution in [0.2, 0.25) is 5.02 Å². The van der Waals surface area contributed by atoms with Gasteiger partial charge in [0.1, 0.15) is 10.7 Å². The molecule has 3 aromatic rings. The number of carbonyl (C=O) groups excluding carboxylic acids is 1. The molecule has 0 aliphatic heterocycles. The molecule has 0 fully saturated rings. The number of aromatic nitrogens is 1. The summed E-state index contributed by atoms with van der Waals surface area (Å²) in [6.07, 6.45) is 1.39. The topological polar surface area (TPSA) is 92.5 Å². The Kier molecular flexibility index (Phi) is 6.77. The van der Waals surface area contributed by atoms with E-state index in [1.54, 1.807) is 13.0 Å². The van der Waals surface area contributed by atoms with Crippen LogP contribution in [0.1, 0.15) is 21.8 Å². The van der Waals surface area contributed by atoms with Crippen LogP contribution in [-0.4, -0.2) is 26.0 Å². The first kappa shape index (κ1) is 22.5. The van der Waals surface area contributed by atoms with Gasteiger partial charge in [-0.15, -0.1) is 6.58 Å². The van der Waals surface area contributed by atoms with Crippen LogP contribution in [0.5, 0.6) is 0 Å². The van der Waals surface area contributed by atoms with E-state index >= 15 is 0 Å². The Bertz CT molecular complexity index is 1210. The van der Waals surface area contributed by atoms with Crippen molar-refractivity contribution in [2.45, 2.75) is 18.4 Å². The first-order valence-corrected chi connectivity index (χ1v) is 10.9. The third-order valence-electron chi connectivity index (χ3n) is 4.27. The zero-order chi connectivity index (χ0) is 22.6. The molecule has 1 heterocycles. The Balaban J connectivity index is 1.91. The molecule has 0 aliphatic carbocycles. The average molecular weight is 464 g/mol. The van der Waals surface area contributed by atoms with Crippen molar-refractivity contribution in [2.75, 3.05) is 10.8 Å². The molecule has 0 radical (unpaired) electrons. The van der Waals surface area contributed by atoms with Crippen molar-refractivity contribution in [1.82, 2.24) is 10.5 Å². The van der Waals surface area contributed by atoms with Crippen LogP contribution in [0, 0.1) is 12.7 Å². The van der Waals surface area contributed by atoms with Gasteiger partial charge < -0.3 is 9.84 Å². The number of hydrogen-bond acceptors (Lipinski definition) is 5. The number of sulfonamides is 1. The first-order valence-electron chi connectivity index (χ1n) is 9.11. The number of nitrogens with one attached hydrogen (secondary N) is 1. The predicted molar refractivity (Wildman–Crippen MR) is 115 cm³/mol. The maximum atomic E-state index is 13.3. The lowest BCUT2D eigenvalue weighted by Gasteiger charge is -2.24. The summed E-state index contributed by atoms with van der Waals surface area (Å²) >= 11 is 6.17. The van der Waals surface area contributed by atoms with Crippen LogP contribution in [-0.2, 0) is 16.6 Å². The second-order valence-corrected chi connectivity index (χ2v) is 8.80. The van der Waals surface area contributed by atoms with Gasteiger partial charge in [0.05, 0.1) is 29.5 Å². The number of amides is 1. The molecule has 7 nitrogen and oxygen atoms in total. The number of nitrogens with zero attached hydrogens (tertiary/aromatic N) is 2. The summed E-state index contributed by atoms with van der Waals surface area (Å²) in [7, 11) is -4.18. The molecule has 1 aromatic heterocycles. The lowest BCUT2D eigenvalue weighted by molar-refractivity contribution is 0.0947. The molecule has 1 N–H and O–H groups in total. The van der Waals surface area contributed by atoms with Crippen molar-refractivity contribution in [3.05, 3.63) is 89.0 Å². The molecule has 0 spiro atoms. The molecule has 0 aliphatic rings. The lowest BCUT2D eigenvalue weighted by atomic mass is 10.2. The second-order valence-electron chi connectivity index (χ2n) is 6.56. The highest BCUT2D eigenvalue weighted by Crippen LogP contribution is 2.29. The number of halogens is 2. The molecule has 1 amide bonds. The van der Waals surface area contributed by atoms with Gasteiger partial charge in [-0.2, -0.15) is 0 Å². The number of anilines is 1. The third kappa shape index (κ3) is 5.12. The Hall–Kier alpha value is -3.17. The van der Waals surface area contributed by atoms with Gasteiger partial charge in [0.2, 0.25) is 0 Å². The van der Waals surface area contributed by atoms with Gasteiger partial charge in [-0.3, -0.25) is 9.10 Å². The van der Waals surface area contributed by atoms with E-state index in [9.17, 15) is 17.6 Å². The summed E-state index contributed by atoms with van der Waals surface area (Å²) in [5, 5.41) is 6.32. The number of hydrogen-bond donors (Lipinski definition) is 1. The Morgan fingerprint density at radius 1 is 1.26 bits per heavy atom. The van der Waals surface area contributed by atoms with Crippen LogP contribution < -0.4 is 9.62 Å². The molecular weight excluding hydrogens is 445 g/mol. The zero-order valence-electron chi connectivity index (χ0n) is 16.5. The smallest absolute Gasteiger partial charge is 0.266 e. The van der Waals surface area contributed by atoms with Crippen molar-refractivity contribution < 1.29 is 22.1 Å². The van der Waals surface area contributed by atoms with Gasteiger partial charge in [0, 0.05) is 11.6 Å². The molecular formula is C21H19ClFN3O4S. The van der Waals surface area contributed by atoms with Gasteiger partial charge in [-0.1, -0.05) is 22.8 Å². The SMILES string of the molecule is C=CCN(c1ccc(F)cc1)S(=O)(=O)c1cc(C(=O)NCc2cc(C)no2)ccc1Cl. The Morgan fingerprint density at radius 3 is 2.58 bits per heavy atom. The summed E-state index contributed by atoms with van der Waals surface area (Å²) in [5.41, 5.74) is 0.997. The fourth-order valence-corrected chi connectivity index (χ4v) is 4.74. The molecule has 3 rings (SSSR count). The monoisotopic (exact) mass is 463 g/mol. The molecule has 0 atom stereocenters. The molecule has 0 saturated carbocycles. The summed E-state index contributed by atoms with van der Waals surface area (Å²) in [4.78, 5) is 12.3. The van der Waals surface area contributed by atoms with Crippen molar-refractivity contribution in [3.8, 4) is 0 Å². The number of carbonyl (C=O) groups is 1. The predicted octanol–water partition coefficient (Wildman–Crippen LogP) is 4.09. The minimum absolute atomic E-state index is 0.0569. The molecule has 10 heteroatoms. The van der Waals surface area contributed by atoms with Gasteiger partial charge in [-0.05, 0) is 49.4 Å². The molecule has 162 valence electrons. The highest BCUT2D eigenvalue weighted by atomic mass is 35.5. The normalized spacial score (nSPS) is 11.2. The van der Waals surface area contributed by atoms with E-state index < -0.39 is 21.7 Å². The minimum Gasteiger partial charge on any atom is -0.359 e. The van der Waals surface area contributed by atoms with Crippen molar-refractivity contribution in [3.63, 3.8) is 0 Å². The van der Waals surface area contributed by atoms with Gasteiger partial charge >= 0.3 is 0 Å². The van der Waals surface area contributed by atoms with E-state index in [4.69, 9.17) is 16.1 Å². The molecule has 2 aromatic carbocycles. The fourth-order valence-electron chi connectivity index (χ4n) is 2.80. The highest BCUT2D eigenvalue weighted by Gasteiger charge is 2.27. The van der Waals surface area contributed by atoms with Gasteiger partial charge in [0.15, 0.2) is 5.76 Å². The molecule has 0 saturated heterocycles. The first-order chi connectivity index (χ1) is 14.7. The van der Waals surface area contributed by atoms with Crippen molar-refractivity contribution in [1.29, 1.82) is 0 Å². The number of aryl methyl sites for hydroxylation is 1. The van der Waals surface area contributed by atoms with Gasteiger partial charge in [0.25, 0.3) is 15.9 Å².